The normalized spacial score (nSPS) is 16.0. The molecule has 0 saturated carbocycles. The van der Waals surface area contributed by atoms with Crippen LogP contribution in [0.3, 0.4) is 0 Å². The van der Waals surface area contributed by atoms with E-state index in [2.05, 4.69) is 22.0 Å². The number of nitrogens with one attached hydrogen (secondary N) is 1. The van der Waals surface area contributed by atoms with Crippen molar-refractivity contribution in [3.05, 3.63) is 60.1 Å². The van der Waals surface area contributed by atoms with E-state index in [1.165, 1.54) is 12.4 Å². The van der Waals surface area contributed by atoms with Gasteiger partial charge in [0, 0.05) is 5.70 Å². The van der Waals surface area contributed by atoms with E-state index in [0.717, 1.165) is 11.3 Å². The van der Waals surface area contributed by atoms with Crippen molar-refractivity contribution >= 4 is 11.9 Å². The van der Waals surface area contributed by atoms with Gasteiger partial charge >= 0.3 is 5.97 Å². The van der Waals surface area contributed by atoms with Crippen LogP contribution < -0.4 is 10.1 Å². The fraction of sp³-hybridized carbons (Fsp3) is 0.278. The van der Waals surface area contributed by atoms with E-state index in [4.69, 9.17) is 9.47 Å². The third-order valence-corrected chi connectivity index (χ3v) is 3.83. The molecule has 1 aromatic heterocycles. The minimum absolute atomic E-state index is 0.144. The van der Waals surface area contributed by atoms with Gasteiger partial charge in [0.05, 0.1) is 12.2 Å². The molecule has 0 fully saturated rings. The fourth-order valence-electron chi connectivity index (χ4n) is 2.82. The Balaban J connectivity index is 2.07. The van der Waals surface area contributed by atoms with Crippen LogP contribution in [0.25, 0.3) is 0 Å². The van der Waals surface area contributed by atoms with E-state index < -0.39 is 12.0 Å². The molecule has 7 nitrogen and oxygen atoms in total. The van der Waals surface area contributed by atoms with E-state index in [-0.39, 0.29) is 6.61 Å². The van der Waals surface area contributed by atoms with Crippen molar-refractivity contribution in [2.75, 3.05) is 18.5 Å². The molecule has 0 bridgehead atoms. The van der Waals surface area contributed by atoms with Crippen LogP contribution >= 0.6 is 0 Å². The van der Waals surface area contributed by atoms with Gasteiger partial charge in [-0.15, -0.1) is 0 Å². The minimum Gasteiger partial charge on any atom is -0.494 e. The molecule has 0 aliphatic carbocycles. The third-order valence-electron chi connectivity index (χ3n) is 3.83. The quantitative estimate of drug-likeness (QED) is 0.643. The maximum absolute atomic E-state index is 12.6. The number of hydrogen-bond donors (Lipinski definition) is 1. The number of carbonyl (C=O) groups excluding carboxylic acids is 1. The number of hydrogen-bond acceptors (Lipinski definition) is 6. The molecule has 1 aliphatic heterocycles. The Labute approximate surface area is 146 Å². The molecule has 1 aromatic carbocycles. The van der Waals surface area contributed by atoms with E-state index in [0.29, 0.717) is 23.8 Å². The number of benzene rings is 1. The monoisotopic (exact) mass is 340 g/mol. The highest BCUT2D eigenvalue weighted by Gasteiger charge is 2.34. The van der Waals surface area contributed by atoms with Gasteiger partial charge in [-0.1, -0.05) is 24.8 Å². The van der Waals surface area contributed by atoms with Gasteiger partial charge in [-0.2, -0.15) is 10.1 Å². The molecule has 130 valence electrons. The number of allylic oxidation sites excluding steroid dienone is 1. The molecule has 1 atom stereocenters. The number of ether oxygens (including phenoxy) is 2. The summed E-state index contributed by atoms with van der Waals surface area (Å²) < 4.78 is 12.5. The van der Waals surface area contributed by atoms with Crippen molar-refractivity contribution in [2.45, 2.75) is 19.9 Å². The highest BCUT2D eigenvalue weighted by Crippen LogP contribution is 2.36. The van der Waals surface area contributed by atoms with Crippen LogP contribution in [0.15, 0.2) is 54.5 Å². The topological polar surface area (TPSA) is 78.3 Å². The first-order valence-corrected chi connectivity index (χ1v) is 8.03. The zero-order valence-corrected chi connectivity index (χ0v) is 14.2. The van der Waals surface area contributed by atoms with E-state index in [1.807, 2.05) is 38.1 Å². The number of aromatic nitrogens is 3. The van der Waals surface area contributed by atoms with Crippen LogP contribution in [0.4, 0.5) is 5.95 Å². The Kier molecular flexibility index (Phi) is 4.83. The molecule has 2 aromatic rings. The molecule has 1 aliphatic rings. The number of anilines is 1. The summed E-state index contributed by atoms with van der Waals surface area (Å²) in [6, 6.07) is 7.15. The van der Waals surface area contributed by atoms with Crippen molar-refractivity contribution in [2.24, 2.45) is 0 Å². The van der Waals surface area contributed by atoms with Crippen LogP contribution in [-0.2, 0) is 9.53 Å². The predicted octanol–water partition coefficient (Wildman–Crippen LogP) is 2.69. The Morgan fingerprint density at radius 1 is 1.48 bits per heavy atom. The summed E-state index contributed by atoms with van der Waals surface area (Å²) in [5.41, 5.74) is 2.03. The summed E-state index contributed by atoms with van der Waals surface area (Å²) in [6.07, 6.45) is 2.99. The lowest BCUT2D eigenvalue weighted by molar-refractivity contribution is -0.138. The van der Waals surface area contributed by atoms with Crippen molar-refractivity contribution < 1.29 is 14.3 Å². The van der Waals surface area contributed by atoms with Crippen LogP contribution in [0.5, 0.6) is 5.75 Å². The highest BCUT2D eigenvalue weighted by molar-refractivity contribution is 5.92. The predicted molar refractivity (Wildman–Crippen MR) is 93.3 cm³/mol. The van der Waals surface area contributed by atoms with Crippen molar-refractivity contribution in [3.63, 3.8) is 0 Å². The highest BCUT2D eigenvalue weighted by atomic mass is 16.5. The largest absolute Gasteiger partial charge is 0.494 e. The molecule has 1 unspecified atom stereocenters. The van der Waals surface area contributed by atoms with Gasteiger partial charge in [0.1, 0.15) is 24.7 Å². The van der Waals surface area contributed by atoms with Gasteiger partial charge < -0.3 is 14.8 Å². The summed E-state index contributed by atoms with van der Waals surface area (Å²) in [5.74, 6) is 0.888. The van der Waals surface area contributed by atoms with Gasteiger partial charge in [0.15, 0.2) is 0 Å². The zero-order valence-electron chi connectivity index (χ0n) is 14.2. The second kappa shape index (κ2) is 7.21. The molecule has 2 heterocycles. The van der Waals surface area contributed by atoms with Crippen LogP contribution in [0.1, 0.15) is 25.5 Å². The molecule has 0 spiro atoms. The second-order valence-corrected chi connectivity index (χ2v) is 5.49. The molecule has 7 heteroatoms. The standard InChI is InChI=1S/C18H20N4O3/c1-4-9-25-17(23)15-12(3)21-18-19-11-20-22(18)16(15)13-7-6-8-14(10-13)24-5-2/h4,6-8,10-11,16H,1,5,9H2,2-3H3,(H,19,20,21). The lowest BCUT2D eigenvalue weighted by Crippen LogP contribution is -2.29. The van der Waals surface area contributed by atoms with Crippen molar-refractivity contribution in [3.8, 4) is 5.75 Å². The lowest BCUT2D eigenvalue weighted by atomic mass is 9.95. The number of rotatable bonds is 6. The first-order valence-electron chi connectivity index (χ1n) is 8.03. The van der Waals surface area contributed by atoms with Gasteiger partial charge in [-0.25, -0.2) is 9.48 Å². The maximum atomic E-state index is 12.6. The first-order chi connectivity index (χ1) is 12.2. The average molecular weight is 340 g/mol. The van der Waals surface area contributed by atoms with Gasteiger partial charge in [0.25, 0.3) is 0 Å². The molecule has 0 radical (unpaired) electrons. The number of carbonyl (C=O) groups is 1. The molecule has 3 rings (SSSR count). The maximum Gasteiger partial charge on any atom is 0.338 e. The number of nitrogens with zero attached hydrogens (tertiary/aromatic N) is 3. The number of fused-ring (bicyclic) bond motifs is 1. The van der Waals surface area contributed by atoms with Crippen molar-refractivity contribution in [1.82, 2.24) is 14.8 Å². The smallest absolute Gasteiger partial charge is 0.338 e. The second-order valence-electron chi connectivity index (χ2n) is 5.49. The van der Waals surface area contributed by atoms with Gasteiger partial charge in [-0.3, -0.25) is 0 Å². The summed E-state index contributed by atoms with van der Waals surface area (Å²) in [6.45, 7) is 8.03. The summed E-state index contributed by atoms with van der Waals surface area (Å²) >= 11 is 0. The average Bonchev–Trinajstić information content (AvgIpc) is 3.06. The Morgan fingerprint density at radius 3 is 3.08 bits per heavy atom. The molecular weight excluding hydrogens is 320 g/mol. The third kappa shape index (κ3) is 3.26. The van der Waals surface area contributed by atoms with Crippen molar-refractivity contribution in [1.29, 1.82) is 0 Å². The molecular formula is C18H20N4O3. The van der Waals surface area contributed by atoms with E-state index in [9.17, 15) is 4.79 Å². The molecule has 25 heavy (non-hydrogen) atoms. The Bertz CT molecular complexity index is 825. The van der Waals surface area contributed by atoms with E-state index in [1.54, 1.807) is 4.68 Å². The first kappa shape index (κ1) is 16.8. The van der Waals surface area contributed by atoms with Crippen LogP contribution in [-0.4, -0.2) is 33.9 Å². The SMILES string of the molecule is C=CCOC(=O)C1=C(C)Nc2ncnn2C1c1cccc(OCC)c1. The summed E-state index contributed by atoms with van der Waals surface area (Å²) in [5, 5.41) is 7.38. The van der Waals surface area contributed by atoms with Gasteiger partial charge in [-0.05, 0) is 31.5 Å². The lowest BCUT2D eigenvalue weighted by Gasteiger charge is -2.28. The summed E-state index contributed by atoms with van der Waals surface area (Å²) in [4.78, 5) is 16.8. The Morgan fingerprint density at radius 2 is 2.32 bits per heavy atom. The molecule has 0 saturated heterocycles. The fourth-order valence-corrected chi connectivity index (χ4v) is 2.82. The van der Waals surface area contributed by atoms with Gasteiger partial charge in [0.2, 0.25) is 5.95 Å². The Hall–Kier alpha value is -3.09. The molecule has 0 amide bonds. The minimum atomic E-state index is -0.448. The summed E-state index contributed by atoms with van der Waals surface area (Å²) in [7, 11) is 0. The number of esters is 1. The van der Waals surface area contributed by atoms with Crippen LogP contribution in [0, 0.1) is 0 Å². The van der Waals surface area contributed by atoms with E-state index >= 15 is 0 Å². The molecule has 1 N–H and O–H groups in total. The van der Waals surface area contributed by atoms with Crippen LogP contribution in [0.2, 0.25) is 0 Å². The zero-order chi connectivity index (χ0) is 17.8.